The molecule has 1 unspecified atom stereocenters. The van der Waals surface area contributed by atoms with Gasteiger partial charge in [-0.15, -0.1) is 10.8 Å². The molecule has 0 aromatic carbocycles. The van der Waals surface area contributed by atoms with Crippen LogP contribution in [0.15, 0.2) is 12.7 Å². The van der Waals surface area contributed by atoms with Crippen LogP contribution in [0.5, 0.6) is 0 Å². The van der Waals surface area contributed by atoms with E-state index in [1.54, 1.807) is 0 Å². The van der Waals surface area contributed by atoms with E-state index in [0.717, 1.165) is 0 Å². The van der Waals surface area contributed by atoms with Crippen molar-refractivity contribution in [2.75, 3.05) is 6.61 Å². The van der Waals surface area contributed by atoms with Crippen molar-refractivity contribution >= 4 is 26.8 Å². The molecule has 0 fully saturated rings. The van der Waals surface area contributed by atoms with Crippen molar-refractivity contribution in [3.05, 3.63) is 12.7 Å². The summed E-state index contributed by atoms with van der Waals surface area (Å²) >= 11 is 0. The number of rotatable bonds is 3. The van der Waals surface area contributed by atoms with Crippen LogP contribution in [-0.4, -0.2) is 30.4 Å². The third-order valence-corrected chi connectivity index (χ3v) is 0.819. The molecule has 0 radical (unpaired) electrons. The van der Waals surface area contributed by atoms with Crippen LogP contribution in [0.2, 0.25) is 0 Å². The summed E-state index contributed by atoms with van der Waals surface area (Å²) in [5.74, 6) is 0. The second-order valence-electron chi connectivity index (χ2n) is 1.04. The Hall–Kier alpha value is 0.417. The maximum absolute atomic E-state index is 11.4. The Morgan fingerprint density at radius 2 is 2.33 bits per heavy atom. The molecular formula is C3H7FLiO3P. The van der Waals surface area contributed by atoms with E-state index in [9.17, 15) is 8.76 Å². The van der Waals surface area contributed by atoms with E-state index in [-0.39, 0.29) is 25.5 Å². The molecule has 0 aromatic heterocycles. The Morgan fingerprint density at radius 1 is 1.89 bits per heavy atom. The van der Waals surface area contributed by atoms with Crippen LogP contribution in [0.3, 0.4) is 0 Å². The Labute approximate surface area is 64.7 Å². The molecule has 1 atom stereocenters. The van der Waals surface area contributed by atoms with Gasteiger partial charge < -0.3 is 0 Å². The van der Waals surface area contributed by atoms with Gasteiger partial charge in [0.05, 0.1) is 6.61 Å². The van der Waals surface area contributed by atoms with E-state index in [1.165, 1.54) is 6.08 Å². The molecule has 3 nitrogen and oxygen atoms in total. The van der Waals surface area contributed by atoms with Gasteiger partial charge in [-0.05, 0) is 0 Å². The van der Waals surface area contributed by atoms with Gasteiger partial charge in [0.15, 0.2) is 0 Å². The number of hydrogen-bond acceptors (Lipinski definition) is 2. The molecule has 0 heterocycles. The predicted octanol–water partition coefficient (Wildman–Crippen LogP) is 0.610. The van der Waals surface area contributed by atoms with E-state index in [4.69, 9.17) is 4.89 Å². The van der Waals surface area contributed by atoms with Crippen molar-refractivity contribution in [1.29, 1.82) is 0 Å². The Balaban J connectivity index is 0. The predicted molar refractivity (Wildman–Crippen MR) is 34.2 cm³/mol. The molecule has 0 bridgehead atoms. The SMILES string of the molecule is C=CCOP(=O)(O)F.[LiH]. The van der Waals surface area contributed by atoms with Crippen LogP contribution in [0, 0.1) is 0 Å². The summed E-state index contributed by atoms with van der Waals surface area (Å²) in [5, 5.41) is 0. The Bertz CT molecular complexity index is 122. The fourth-order valence-electron chi connectivity index (χ4n) is 0.145. The summed E-state index contributed by atoms with van der Waals surface area (Å²) in [4.78, 5) is 7.77. The molecule has 0 saturated heterocycles. The first-order chi connectivity index (χ1) is 3.56. The average Bonchev–Trinajstić information content (AvgIpc) is 1.59. The quantitative estimate of drug-likeness (QED) is 0.362. The van der Waals surface area contributed by atoms with E-state index in [0.29, 0.717) is 0 Å². The normalized spacial score (nSPS) is 15.3. The molecule has 0 aromatic rings. The molecule has 6 heteroatoms. The van der Waals surface area contributed by atoms with Crippen molar-refractivity contribution in [3.63, 3.8) is 0 Å². The summed E-state index contributed by atoms with van der Waals surface area (Å²) in [6.45, 7) is 2.89. The van der Waals surface area contributed by atoms with Crippen LogP contribution in [0.25, 0.3) is 0 Å². The number of halogens is 1. The molecule has 0 aliphatic carbocycles. The van der Waals surface area contributed by atoms with Crippen LogP contribution >= 0.6 is 7.91 Å². The molecule has 1 N–H and O–H groups in total. The molecular weight excluding hydrogens is 141 g/mol. The van der Waals surface area contributed by atoms with Crippen LogP contribution in [-0.2, 0) is 9.09 Å². The third kappa shape index (κ3) is 11.8. The molecule has 0 spiro atoms. The topological polar surface area (TPSA) is 46.5 Å². The van der Waals surface area contributed by atoms with Gasteiger partial charge >= 0.3 is 26.8 Å². The first kappa shape index (κ1) is 12.1. The molecule has 50 valence electrons. The van der Waals surface area contributed by atoms with Crippen molar-refractivity contribution in [3.8, 4) is 0 Å². The fourth-order valence-corrected chi connectivity index (χ4v) is 0.434. The summed E-state index contributed by atoms with van der Waals surface area (Å²) in [6, 6.07) is 0. The zero-order valence-corrected chi connectivity index (χ0v) is 4.97. The van der Waals surface area contributed by atoms with Gasteiger partial charge in [0.1, 0.15) is 0 Å². The van der Waals surface area contributed by atoms with Crippen molar-refractivity contribution < 1.29 is 18.2 Å². The van der Waals surface area contributed by atoms with Crippen LogP contribution in [0.1, 0.15) is 0 Å². The van der Waals surface area contributed by atoms with Gasteiger partial charge in [0.25, 0.3) is 0 Å². The second-order valence-corrected chi connectivity index (χ2v) is 2.20. The van der Waals surface area contributed by atoms with E-state index in [1.807, 2.05) is 0 Å². The monoisotopic (exact) mass is 148 g/mol. The first-order valence-electron chi connectivity index (χ1n) is 1.84. The van der Waals surface area contributed by atoms with Gasteiger partial charge in [-0.1, -0.05) is 6.08 Å². The molecule has 0 aliphatic rings. The molecule has 0 rings (SSSR count). The zero-order valence-electron chi connectivity index (χ0n) is 4.08. The number of hydrogen-bond donors (Lipinski definition) is 1. The van der Waals surface area contributed by atoms with Crippen molar-refractivity contribution in [2.45, 2.75) is 0 Å². The van der Waals surface area contributed by atoms with Crippen LogP contribution < -0.4 is 0 Å². The molecule has 0 saturated carbocycles. The second kappa shape index (κ2) is 5.22. The van der Waals surface area contributed by atoms with Gasteiger partial charge in [0.2, 0.25) is 0 Å². The maximum atomic E-state index is 11.4. The van der Waals surface area contributed by atoms with E-state index < -0.39 is 7.91 Å². The third-order valence-electron chi connectivity index (χ3n) is 0.352. The molecule has 0 aliphatic heterocycles. The van der Waals surface area contributed by atoms with Crippen LogP contribution in [0.4, 0.5) is 4.20 Å². The summed E-state index contributed by atoms with van der Waals surface area (Å²) in [6.07, 6.45) is 1.18. The van der Waals surface area contributed by atoms with E-state index in [2.05, 4.69) is 11.1 Å². The molecule has 9 heavy (non-hydrogen) atoms. The summed E-state index contributed by atoms with van der Waals surface area (Å²) in [5.41, 5.74) is 0. The van der Waals surface area contributed by atoms with Gasteiger partial charge in [-0.2, -0.15) is 0 Å². The van der Waals surface area contributed by atoms with E-state index >= 15 is 0 Å². The molecule has 0 amide bonds. The minimum absolute atomic E-state index is 0. The summed E-state index contributed by atoms with van der Waals surface area (Å²) < 4.78 is 24.7. The van der Waals surface area contributed by atoms with Gasteiger partial charge in [0, 0.05) is 0 Å². The standard InChI is InChI=1S/C3H6FO3P.Li.H/c1-2-3-7-8(4,5)6;;/h2H,1,3H2,(H,5,6);;. The van der Waals surface area contributed by atoms with Crippen molar-refractivity contribution in [1.82, 2.24) is 0 Å². The first-order valence-corrected chi connectivity index (χ1v) is 3.31. The van der Waals surface area contributed by atoms with Gasteiger partial charge in [-0.25, -0.2) is 4.57 Å². The van der Waals surface area contributed by atoms with Crippen molar-refractivity contribution in [2.24, 2.45) is 0 Å². The Morgan fingerprint density at radius 3 is 2.44 bits per heavy atom. The fraction of sp³-hybridized carbons (Fsp3) is 0.333. The zero-order chi connectivity index (χ0) is 6.62. The minimum atomic E-state index is -4.75. The Kier molecular flexibility index (Phi) is 7.04. The summed E-state index contributed by atoms with van der Waals surface area (Å²) in [7, 11) is -4.75. The van der Waals surface area contributed by atoms with Gasteiger partial charge in [-0.3, -0.25) is 9.42 Å². The average molecular weight is 148 g/mol.